The van der Waals surface area contributed by atoms with E-state index >= 15 is 0 Å². The second-order valence-corrected chi connectivity index (χ2v) is 7.19. The third-order valence-electron chi connectivity index (χ3n) is 5.19. The van der Waals surface area contributed by atoms with Gasteiger partial charge in [-0.1, -0.05) is 42.5 Å². The van der Waals surface area contributed by atoms with Crippen LogP contribution in [0.5, 0.6) is 0 Å². The van der Waals surface area contributed by atoms with Gasteiger partial charge in [-0.15, -0.1) is 0 Å². The first kappa shape index (κ1) is 20.7. The molecule has 4 aromatic rings. The van der Waals surface area contributed by atoms with Gasteiger partial charge >= 0.3 is 0 Å². The molecule has 1 aromatic heterocycles. The number of amides is 1. The molecule has 31 heavy (non-hydrogen) atoms. The number of rotatable bonds is 6. The SMILES string of the molecule is O=C(N[C@@H](CO)Cc1c[nH]c2ccccc12)c1ccc(-c2ccccc2F)c(F)c1F. The zero-order valence-corrected chi connectivity index (χ0v) is 16.3. The molecule has 158 valence electrons. The molecule has 0 bridgehead atoms. The lowest BCUT2D eigenvalue weighted by molar-refractivity contribution is 0.0911. The summed E-state index contributed by atoms with van der Waals surface area (Å²) in [5, 5.41) is 13.2. The summed E-state index contributed by atoms with van der Waals surface area (Å²) in [5.41, 5.74) is 0.895. The van der Waals surface area contributed by atoms with Crippen molar-refractivity contribution in [2.24, 2.45) is 0 Å². The second-order valence-electron chi connectivity index (χ2n) is 7.19. The maximum Gasteiger partial charge on any atom is 0.254 e. The Morgan fingerprint density at radius 2 is 1.68 bits per heavy atom. The molecule has 7 heteroatoms. The van der Waals surface area contributed by atoms with E-state index in [1.54, 1.807) is 6.20 Å². The van der Waals surface area contributed by atoms with E-state index in [9.17, 15) is 23.1 Å². The molecule has 4 nitrogen and oxygen atoms in total. The number of carbonyl (C=O) groups is 1. The van der Waals surface area contributed by atoms with Gasteiger partial charge in [0.05, 0.1) is 18.2 Å². The van der Waals surface area contributed by atoms with E-state index < -0.39 is 35.0 Å². The average molecular weight is 424 g/mol. The van der Waals surface area contributed by atoms with Gasteiger partial charge in [-0.25, -0.2) is 13.2 Å². The van der Waals surface area contributed by atoms with Crippen LogP contribution in [0, 0.1) is 17.5 Å². The molecule has 0 aliphatic rings. The lowest BCUT2D eigenvalue weighted by Gasteiger charge is -2.17. The van der Waals surface area contributed by atoms with Crippen LogP contribution < -0.4 is 5.32 Å². The van der Waals surface area contributed by atoms with Crippen LogP contribution in [-0.4, -0.2) is 28.6 Å². The number of aromatic nitrogens is 1. The fourth-order valence-corrected chi connectivity index (χ4v) is 3.60. The van der Waals surface area contributed by atoms with Crippen molar-refractivity contribution >= 4 is 16.8 Å². The Kier molecular flexibility index (Phi) is 5.77. The van der Waals surface area contributed by atoms with E-state index in [0.717, 1.165) is 28.6 Å². The van der Waals surface area contributed by atoms with Crippen molar-refractivity contribution in [1.82, 2.24) is 10.3 Å². The van der Waals surface area contributed by atoms with Gasteiger partial charge in [0.2, 0.25) is 0 Å². The van der Waals surface area contributed by atoms with Gasteiger partial charge < -0.3 is 15.4 Å². The number of aromatic amines is 1. The van der Waals surface area contributed by atoms with Crippen LogP contribution in [0.15, 0.2) is 66.9 Å². The summed E-state index contributed by atoms with van der Waals surface area (Å²) >= 11 is 0. The summed E-state index contributed by atoms with van der Waals surface area (Å²) in [5.74, 6) is -4.25. The van der Waals surface area contributed by atoms with Crippen LogP contribution in [0.1, 0.15) is 15.9 Å². The van der Waals surface area contributed by atoms with E-state index in [0.29, 0.717) is 6.42 Å². The second kappa shape index (κ2) is 8.65. The fourth-order valence-electron chi connectivity index (χ4n) is 3.60. The van der Waals surface area contributed by atoms with E-state index in [-0.39, 0.29) is 17.7 Å². The number of hydrogen-bond acceptors (Lipinski definition) is 2. The van der Waals surface area contributed by atoms with Crippen molar-refractivity contribution in [3.05, 3.63) is 95.4 Å². The van der Waals surface area contributed by atoms with Crippen LogP contribution in [0.4, 0.5) is 13.2 Å². The number of para-hydroxylation sites is 1. The average Bonchev–Trinajstić information content (AvgIpc) is 3.18. The summed E-state index contributed by atoms with van der Waals surface area (Å²) in [6.07, 6.45) is 2.08. The molecule has 0 spiro atoms. The maximum atomic E-state index is 14.6. The molecule has 0 aliphatic heterocycles. The maximum absolute atomic E-state index is 14.6. The first-order chi connectivity index (χ1) is 15.0. The molecule has 4 rings (SSSR count). The van der Waals surface area contributed by atoms with Gasteiger partial charge in [-0.2, -0.15) is 0 Å². The van der Waals surface area contributed by atoms with Crippen molar-refractivity contribution in [3.63, 3.8) is 0 Å². The van der Waals surface area contributed by atoms with Crippen LogP contribution in [0.3, 0.4) is 0 Å². The smallest absolute Gasteiger partial charge is 0.254 e. The lowest BCUT2D eigenvalue weighted by atomic mass is 10.0. The predicted octanol–water partition coefficient (Wildman–Crippen LogP) is 4.59. The summed E-state index contributed by atoms with van der Waals surface area (Å²) in [6.45, 7) is -0.386. The highest BCUT2D eigenvalue weighted by molar-refractivity contribution is 5.95. The minimum absolute atomic E-state index is 0.0987. The lowest BCUT2D eigenvalue weighted by Crippen LogP contribution is -2.39. The number of halogens is 3. The first-order valence-electron chi connectivity index (χ1n) is 9.69. The number of benzene rings is 3. The number of aliphatic hydroxyl groups is 1. The Bertz CT molecular complexity index is 1250. The molecular formula is C24H19F3N2O2. The molecule has 0 unspecified atom stereocenters. The van der Waals surface area contributed by atoms with Crippen LogP contribution >= 0.6 is 0 Å². The fraction of sp³-hybridized carbons (Fsp3) is 0.125. The highest BCUT2D eigenvalue weighted by Gasteiger charge is 2.23. The summed E-state index contributed by atoms with van der Waals surface area (Å²) in [4.78, 5) is 15.7. The highest BCUT2D eigenvalue weighted by Crippen LogP contribution is 2.28. The monoisotopic (exact) mass is 424 g/mol. The summed E-state index contributed by atoms with van der Waals surface area (Å²) < 4.78 is 43.2. The van der Waals surface area contributed by atoms with Crippen molar-refractivity contribution < 1.29 is 23.1 Å². The van der Waals surface area contributed by atoms with Crippen LogP contribution in [0.25, 0.3) is 22.0 Å². The number of hydrogen-bond donors (Lipinski definition) is 3. The van der Waals surface area contributed by atoms with E-state index in [1.807, 2.05) is 24.3 Å². The third kappa shape index (κ3) is 4.04. The zero-order valence-electron chi connectivity index (χ0n) is 16.3. The van der Waals surface area contributed by atoms with Gasteiger partial charge in [0.25, 0.3) is 5.91 Å². The number of nitrogens with one attached hydrogen (secondary N) is 2. The van der Waals surface area contributed by atoms with Gasteiger partial charge in [0.1, 0.15) is 5.82 Å². The van der Waals surface area contributed by atoms with E-state index in [2.05, 4.69) is 10.3 Å². The number of fused-ring (bicyclic) bond motifs is 1. The molecule has 1 heterocycles. The summed E-state index contributed by atoms with van der Waals surface area (Å²) in [6, 6.07) is 14.6. The standard InChI is InChI=1S/C24H19F3N2O2/c25-20-7-3-1-6-17(20)18-9-10-19(23(27)22(18)26)24(31)29-15(13-30)11-14-12-28-21-8-4-2-5-16(14)21/h1-10,12,15,28,30H,11,13H2,(H,29,31)/t15-/m1/s1. The van der Waals surface area contributed by atoms with Gasteiger partial charge in [-0.05, 0) is 30.2 Å². The van der Waals surface area contributed by atoms with Crippen LogP contribution in [-0.2, 0) is 6.42 Å². The molecule has 0 saturated heterocycles. The molecule has 0 radical (unpaired) electrons. The van der Waals surface area contributed by atoms with Gasteiger partial charge in [0, 0.05) is 28.2 Å². The molecule has 3 N–H and O–H groups in total. The number of carbonyl (C=O) groups excluding carboxylic acids is 1. The molecule has 0 saturated carbocycles. The van der Waals surface area contributed by atoms with Crippen LogP contribution in [0.2, 0.25) is 0 Å². The molecule has 3 aromatic carbocycles. The number of H-pyrrole nitrogens is 1. The Morgan fingerprint density at radius 1 is 0.935 bits per heavy atom. The topological polar surface area (TPSA) is 65.1 Å². The van der Waals surface area contributed by atoms with Gasteiger partial charge in [-0.3, -0.25) is 4.79 Å². The number of aliphatic hydroxyl groups excluding tert-OH is 1. The Hall–Kier alpha value is -3.58. The van der Waals surface area contributed by atoms with Crippen molar-refractivity contribution in [2.75, 3.05) is 6.61 Å². The molecule has 1 amide bonds. The normalized spacial score (nSPS) is 12.1. The molecular weight excluding hydrogens is 405 g/mol. The van der Waals surface area contributed by atoms with Crippen molar-refractivity contribution in [3.8, 4) is 11.1 Å². The Morgan fingerprint density at radius 3 is 2.45 bits per heavy atom. The molecule has 0 aliphatic carbocycles. The minimum Gasteiger partial charge on any atom is -0.394 e. The first-order valence-corrected chi connectivity index (χ1v) is 9.69. The zero-order chi connectivity index (χ0) is 22.0. The van der Waals surface area contributed by atoms with Crippen molar-refractivity contribution in [1.29, 1.82) is 0 Å². The van der Waals surface area contributed by atoms with Crippen molar-refractivity contribution in [2.45, 2.75) is 12.5 Å². The Labute approximate surface area is 176 Å². The minimum atomic E-state index is -1.37. The molecule has 1 atom stereocenters. The van der Waals surface area contributed by atoms with E-state index in [1.165, 1.54) is 24.3 Å². The highest BCUT2D eigenvalue weighted by atomic mass is 19.2. The summed E-state index contributed by atoms with van der Waals surface area (Å²) in [7, 11) is 0. The molecule has 0 fully saturated rings. The third-order valence-corrected chi connectivity index (χ3v) is 5.19. The van der Waals surface area contributed by atoms with Gasteiger partial charge in [0.15, 0.2) is 11.6 Å². The Balaban J connectivity index is 1.56. The predicted molar refractivity (Wildman–Crippen MR) is 112 cm³/mol. The largest absolute Gasteiger partial charge is 0.394 e. The quantitative estimate of drug-likeness (QED) is 0.424. The van der Waals surface area contributed by atoms with E-state index in [4.69, 9.17) is 0 Å².